The summed E-state index contributed by atoms with van der Waals surface area (Å²) >= 11 is 0. The molecule has 3 nitrogen and oxygen atoms in total. The van der Waals surface area contributed by atoms with E-state index in [2.05, 4.69) is 44.1 Å². The number of hydrogen-bond donors (Lipinski definition) is 2. The Kier molecular flexibility index (Phi) is 4.05. The van der Waals surface area contributed by atoms with Gasteiger partial charge in [0.2, 0.25) is 0 Å². The van der Waals surface area contributed by atoms with Crippen LogP contribution < -0.4 is 5.32 Å². The SMILES string of the molecule is CC1/C=C\NC(C)(C)/C=C\N=C(C=N)C1C. The molecule has 2 N–H and O–H groups in total. The second kappa shape index (κ2) is 5.10. The van der Waals surface area contributed by atoms with Gasteiger partial charge in [-0.05, 0) is 32.0 Å². The molecular weight excluding hydrogens is 198 g/mol. The van der Waals surface area contributed by atoms with Crippen LogP contribution >= 0.6 is 0 Å². The predicted octanol–water partition coefficient (Wildman–Crippen LogP) is 2.76. The molecule has 1 rings (SSSR count). The fourth-order valence-corrected chi connectivity index (χ4v) is 1.49. The highest BCUT2D eigenvalue weighted by molar-refractivity contribution is 6.30. The van der Waals surface area contributed by atoms with Crippen LogP contribution in [0.3, 0.4) is 0 Å². The number of rotatable bonds is 1. The molecule has 16 heavy (non-hydrogen) atoms. The molecule has 0 aromatic heterocycles. The molecule has 0 spiro atoms. The molecular formula is C13H21N3. The first-order chi connectivity index (χ1) is 7.46. The Bertz CT molecular complexity index is 337. The lowest BCUT2D eigenvalue weighted by molar-refractivity contribution is 0.537. The third-order valence-corrected chi connectivity index (χ3v) is 2.97. The van der Waals surface area contributed by atoms with Gasteiger partial charge in [-0.3, -0.25) is 4.99 Å². The molecule has 1 aliphatic heterocycles. The van der Waals surface area contributed by atoms with Crippen LogP contribution in [0.1, 0.15) is 27.7 Å². The van der Waals surface area contributed by atoms with Gasteiger partial charge in [-0.15, -0.1) is 0 Å². The Morgan fingerprint density at radius 2 is 2.12 bits per heavy atom. The van der Waals surface area contributed by atoms with Crippen LogP contribution in [0.5, 0.6) is 0 Å². The third kappa shape index (κ3) is 3.33. The quantitative estimate of drug-likeness (QED) is 0.654. The Morgan fingerprint density at radius 1 is 1.44 bits per heavy atom. The molecule has 1 aliphatic rings. The number of allylic oxidation sites excluding steroid dienone is 1. The summed E-state index contributed by atoms with van der Waals surface area (Å²) in [6.07, 6.45) is 9.27. The Balaban J connectivity index is 3.04. The first-order valence-corrected chi connectivity index (χ1v) is 5.66. The van der Waals surface area contributed by atoms with Crippen molar-refractivity contribution in [2.75, 3.05) is 0 Å². The highest BCUT2D eigenvalue weighted by atomic mass is 14.9. The molecule has 0 amide bonds. The predicted molar refractivity (Wildman–Crippen MR) is 70.0 cm³/mol. The van der Waals surface area contributed by atoms with Gasteiger partial charge in [-0.2, -0.15) is 0 Å². The van der Waals surface area contributed by atoms with Crippen molar-refractivity contribution < 1.29 is 0 Å². The lowest BCUT2D eigenvalue weighted by Gasteiger charge is -2.23. The minimum atomic E-state index is -0.104. The van der Waals surface area contributed by atoms with Crippen molar-refractivity contribution in [2.45, 2.75) is 33.2 Å². The molecule has 0 aliphatic carbocycles. The zero-order chi connectivity index (χ0) is 12.2. The first-order valence-electron chi connectivity index (χ1n) is 5.66. The van der Waals surface area contributed by atoms with Crippen molar-refractivity contribution >= 4 is 11.9 Å². The minimum absolute atomic E-state index is 0.104. The van der Waals surface area contributed by atoms with Gasteiger partial charge in [0.1, 0.15) is 0 Å². The second-order valence-corrected chi connectivity index (χ2v) is 4.89. The normalized spacial score (nSPS) is 33.1. The van der Waals surface area contributed by atoms with E-state index in [1.807, 2.05) is 12.3 Å². The largest absolute Gasteiger partial charge is 0.383 e. The topological polar surface area (TPSA) is 48.2 Å². The van der Waals surface area contributed by atoms with Gasteiger partial charge in [-0.1, -0.05) is 19.9 Å². The summed E-state index contributed by atoms with van der Waals surface area (Å²) in [5, 5.41) is 10.7. The molecule has 2 unspecified atom stereocenters. The molecule has 0 aromatic rings. The highest BCUT2D eigenvalue weighted by Gasteiger charge is 2.16. The lowest BCUT2D eigenvalue weighted by atomic mass is 9.91. The van der Waals surface area contributed by atoms with Crippen molar-refractivity contribution in [1.82, 2.24) is 5.32 Å². The molecule has 0 bridgehead atoms. The first kappa shape index (κ1) is 12.7. The van der Waals surface area contributed by atoms with Crippen LogP contribution in [0.4, 0.5) is 0 Å². The summed E-state index contributed by atoms with van der Waals surface area (Å²) in [5.74, 6) is 0.636. The van der Waals surface area contributed by atoms with E-state index in [4.69, 9.17) is 5.41 Å². The summed E-state index contributed by atoms with van der Waals surface area (Å²) in [5.41, 5.74) is 0.721. The van der Waals surface area contributed by atoms with Crippen molar-refractivity contribution in [3.8, 4) is 0 Å². The van der Waals surface area contributed by atoms with Crippen LogP contribution in [-0.4, -0.2) is 17.5 Å². The van der Waals surface area contributed by atoms with E-state index in [0.29, 0.717) is 5.92 Å². The maximum atomic E-state index is 7.38. The average molecular weight is 219 g/mol. The number of nitrogens with zero attached hydrogens (tertiary/aromatic N) is 1. The van der Waals surface area contributed by atoms with E-state index in [0.717, 1.165) is 5.71 Å². The van der Waals surface area contributed by atoms with E-state index in [1.165, 1.54) is 6.21 Å². The Labute approximate surface area is 97.9 Å². The Morgan fingerprint density at radius 3 is 2.75 bits per heavy atom. The maximum Gasteiger partial charge on any atom is 0.0612 e. The van der Waals surface area contributed by atoms with Gasteiger partial charge in [0, 0.05) is 18.3 Å². The van der Waals surface area contributed by atoms with Crippen LogP contribution in [0.15, 0.2) is 29.5 Å². The van der Waals surface area contributed by atoms with E-state index in [9.17, 15) is 0 Å². The number of nitrogens with one attached hydrogen (secondary N) is 2. The summed E-state index contributed by atoms with van der Waals surface area (Å²) in [4.78, 5) is 4.35. The smallest absolute Gasteiger partial charge is 0.0612 e. The summed E-state index contributed by atoms with van der Waals surface area (Å²) in [7, 11) is 0. The minimum Gasteiger partial charge on any atom is -0.383 e. The zero-order valence-electron chi connectivity index (χ0n) is 10.5. The molecule has 2 atom stereocenters. The molecule has 0 fully saturated rings. The molecule has 0 saturated heterocycles. The van der Waals surface area contributed by atoms with Crippen LogP contribution in [0.25, 0.3) is 0 Å². The fourth-order valence-electron chi connectivity index (χ4n) is 1.49. The van der Waals surface area contributed by atoms with Gasteiger partial charge in [0.05, 0.1) is 11.3 Å². The number of hydrogen-bond acceptors (Lipinski definition) is 3. The van der Waals surface area contributed by atoms with Crippen molar-refractivity contribution in [1.29, 1.82) is 5.41 Å². The molecule has 0 aromatic carbocycles. The van der Waals surface area contributed by atoms with E-state index in [-0.39, 0.29) is 11.5 Å². The highest BCUT2D eigenvalue weighted by Crippen LogP contribution is 2.16. The van der Waals surface area contributed by atoms with Crippen LogP contribution in [0.2, 0.25) is 0 Å². The average Bonchev–Trinajstić information content (AvgIpc) is 2.22. The van der Waals surface area contributed by atoms with E-state index >= 15 is 0 Å². The molecule has 0 radical (unpaired) electrons. The maximum absolute atomic E-state index is 7.38. The van der Waals surface area contributed by atoms with Crippen molar-refractivity contribution in [3.63, 3.8) is 0 Å². The van der Waals surface area contributed by atoms with Gasteiger partial charge in [0.15, 0.2) is 0 Å². The van der Waals surface area contributed by atoms with E-state index in [1.54, 1.807) is 6.20 Å². The summed E-state index contributed by atoms with van der Waals surface area (Å²) in [6.45, 7) is 8.41. The molecule has 3 heteroatoms. The standard InChI is InChI=1S/C13H21N3/c1-10-5-7-16-13(3,4)6-8-15-12(9-14)11(10)2/h5-11,14,16H,1-4H3/b7-5-,8-6-,14-9?,15-12?. The van der Waals surface area contributed by atoms with Gasteiger partial charge < -0.3 is 10.7 Å². The summed E-state index contributed by atoms with van der Waals surface area (Å²) < 4.78 is 0. The lowest BCUT2D eigenvalue weighted by Crippen LogP contribution is -2.33. The summed E-state index contributed by atoms with van der Waals surface area (Å²) in [6, 6.07) is 0. The number of aliphatic imine (C=N–C) groups is 1. The van der Waals surface area contributed by atoms with Crippen molar-refractivity contribution in [3.05, 3.63) is 24.6 Å². The zero-order valence-corrected chi connectivity index (χ0v) is 10.5. The van der Waals surface area contributed by atoms with E-state index < -0.39 is 0 Å². The van der Waals surface area contributed by atoms with Gasteiger partial charge >= 0.3 is 0 Å². The molecule has 1 heterocycles. The fraction of sp³-hybridized carbons (Fsp3) is 0.538. The Hall–Kier alpha value is -1.38. The van der Waals surface area contributed by atoms with Crippen molar-refractivity contribution in [2.24, 2.45) is 16.8 Å². The second-order valence-electron chi connectivity index (χ2n) is 4.89. The molecule has 88 valence electrons. The van der Waals surface area contributed by atoms with Crippen LogP contribution in [0, 0.1) is 17.2 Å². The van der Waals surface area contributed by atoms with Crippen LogP contribution in [-0.2, 0) is 0 Å². The van der Waals surface area contributed by atoms with Gasteiger partial charge in [0.25, 0.3) is 0 Å². The third-order valence-electron chi connectivity index (χ3n) is 2.97. The van der Waals surface area contributed by atoms with Gasteiger partial charge in [-0.25, -0.2) is 0 Å². The molecule has 0 saturated carbocycles. The monoisotopic (exact) mass is 219 g/mol.